The Hall–Kier alpha value is -2.33. The Kier molecular flexibility index (Phi) is 4.09. The van der Waals surface area contributed by atoms with Crippen LogP contribution in [-0.2, 0) is 4.79 Å². The molecule has 1 aromatic carbocycles. The summed E-state index contributed by atoms with van der Waals surface area (Å²) < 4.78 is 1.97. The summed E-state index contributed by atoms with van der Waals surface area (Å²) in [6.07, 6.45) is 3.93. The summed E-state index contributed by atoms with van der Waals surface area (Å²) in [5.41, 5.74) is 2.84. The fourth-order valence-electron chi connectivity index (χ4n) is 2.19. The molecule has 0 spiro atoms. The van der Waals surface area contributed by atoms with Crippen LogP contribution >= 0.6 is 11.6 Å². The molecule has 2 aromatic heterocycles. The monoisotopic (exact) mass is 327 g/mol. The third-order valence-corrected chi connectivity index (χ3v) is 4.40. The van der Waals surface area contributed by atoms with Crippen molar-refractivity contribution in [2.45, 2.75) is 13.8 Å². The molecule has 0 aliphatic heterocycles. The van der Waals surface area contributed by atoms with Crippen LogP contribution in [0.25, 0.3) is 16.9 Å². The molecule has 3 rings (SSSR count). The summed E-state index contributed by atoms with van der Waals surface area (Å²) >= 11 is 5.85. The minimum atomic E-state index is -0.610. The summed E-state index contributed by atoms with van der Waals surface area (Å²) in [4.78, 5) is 16.8. The third kappa shape index (κ3) is 3.22. The van der Waals surface area contributed by atoms with Gasteiger partial charge in [-0.3, -0.25) is 4.79 Å². The molecular formula is C18H18ClN3O. The lowest BCUT2D eigenvalue weighted by Gasteiger charge is -2.20. The maximum absolute atomic E-state index is 12.2. The molecule has 1 amide bonds. The van der Waals surface area contributed by atoms with E-state index in [1.807, 2.05) is 73.1 Å². The normalized spacial score (nSPS) is 11.6. The standard InChI is InChI=1S/C18H18ClN3O/c1-18(2,12-19)17(23)20-14-7-5-6-13(10-14)15-11-22-9-4-3-8-16(22)21-15/h3-11H,12H2,1-2H3,(H,20,23). The van der Waals surface area contributed by atoms with Gasteiger partial charge in [0.2, 0.25) is 5.91 Å². The lowest BCUT2D eigenvalue weighted by Crippen LogP contribution is -2.32. The van der Waals surface area contributed by atoms with Crippen LogP contribution in [0.5, 0.6) is 0 Å². The van der Waals surface area contributed by atoms with Crippen LogP contribution in [0.2, 0.25) is 0 Å². The van der Waals surface area contributed by atoms with Crippen molar-refractivity contribution < 1.29 is 4.79 Å². The van der Waals surface area contributed by atoms with E-state index in [1.165, 1.54) is 0 Å². The molecule has 0 unspecified atom stereocenters. The number of hydrogen-bond donors (Lipinski definition) is 1. The second-order valence-corrected chi connectivity index (χ2v) is 6.41. The minimum absolute atomic E-state index is 0.0975. The van der Waals surface area contributed by atoms with Crippen molar-refractivity contribution in [2.24, 2.45) is 5.41 Å². The zero-order chi connectivity index (χ0) is 16.4. The van der Waals surface area contributed by atoms with E-state index >= 15 is 0 Å². The van der Waals surface area contributed by atoms with Gasteiger partial charge in [-0.15, -0.1) is 11.6 Å². The molecule has 23 heavy (non-hydrogen) atoms. The van der Waals surface area contributed by atoms with Crippen LogP contribution in [0.1, 0.15) is 13.8 Å². The first-order valence-corrected chi connectivity index (χ1v) is 7.95. The van der Waals surface area contributed by atoms with Crippen molar-refractivity contribution in [1.29, 1.82) is 0 Å². The summed E-state index contributed by atoms with van der Waals surface area (Å²) in [5.74, 6) is 0.171. The Labute approximate surface area is 140 Å². The minimum Gasteiger partial charge on any atom is -0.326 e. The zero-order valence-corrected chi connectivity index (χ0v) is 13.8. The molecule has 0 aliphatic rings. The van der Waals surface area contributed by atoms with Crippen LogP contribution in [-0.4, -0.2) is 21.2 Å². The van der Waals surface area contributed by atoms with Crippen molar-refractivity contribution in [2.75, 3.05) is 11.2 Å². The fourth-order valence-corrected chi connectivity index (χ4v) is 2.31. The SMILES string of the molecule is CC(C)(CCl)C(=O)Nc1cccc(-c2cn3ccccc3n2)c1. The molecule has 0 saturated heterocycles. The first-order chi connectivity index (χ1) is 11.0. The molecule has 0 fully saturated rings. The third-order valence-electron chi connectivity index (χ3n) is 3.73. The number of rotatable bonds is 4. The van der Waals surface area contributed by atoms with Gasteiger partial charge < -0.3 is 9.72 Å². The molecule has 0 atom stereocenters. The number of nitrogens with one attached hydrogen (secondary N) is 1. The van der Waals surface area contributed by atoms with Crippen LogP contribution in [0.3, 0.4) is 0 Å². The van der Waals surface area contributed by atoms with Gasteiger partial charge in [0.15, 0.2) is 0 Å². The second kappa shape index (κ2) is 6.05. The molecule has 1 N–H and O–H groups in total. The quantitative estimate of drug-likeness (QED) is 0.730. The van der Waals surface area contributed by atoms with Gasteiger partial charge in [0.1, 0.15) is 5.65 Å². The van der Waals surface area contributed by atoms with E-state index in [4.69, 9.17) is 11.6 Å². The first kappa shape index (κ1) is 15.6. The Morgan fingerprint density at radius 2 is 2.09 bits per heavy atom. The van der Waals surface area contributed by atoms with Gasteiger partial charge in [-0.25, -0.2) is 4.98 Å². The maximum Gasteiger partial charge on any atom is 0.231 e. The van der Waals surface area contributed by atoms with Gasteiger partial charge in [0.25, 0.3) is 0 Å². The number of carbonyl (C=O) groups excluding carboxylic acids is 1. The predicted molar refractivity (Wildman–Crippen MR) is 93.8 cm³/mol. The van der Waals surface area contributed by atoms with Gasteiger partial charge in [-0.2, -0.15) is 0 Å². The average molecular weight is 328 g/mol. The molecular weight excluding hydrogens is 310 g/mol. The van der Waals surface area contributed by atoms with Crippen LogP contribution in [0.15, 0.2) is 54.9 Å². The second-order valence-electron chi connectivity index (χ2n) is 6.14. The molecule has 0 aliphatic carbocycles. The van der Waals surface area contributed by atoms with Crippen molar-refractivity contribution in [3.8, 4) is 11.3 Å². The highest BCUT2D eigenvalue weighted by Gasteiger charge is 2.26. The topological polar surface area (TPSA) is 46.4 Å². The number of amides is 1. The average Bonchev–Trinajstić information content (AvgIpc) is 2.99. The number of anilines is 1. The van der Waals surface area contributed by atoms with E-state index < -0.39 is 5.41 Å². The molecule has 2 heterocycles. The molecule has 3 aromatic rings. The number of hydrogen-bond acceptors (Lipinski definition) is 2. The molecule has 5 heteroatoms. The van der Waals surface area contributed by atoms with Gasteiger partial charge in [0, 0.05) is 29.5 Å². The Bertz CT molecular complexity index is 821. The van der Waals surface area contributed by atoms with Crippen LogP contribution in [0, 0.1) is 5.41 Å². The summed E-state index contributed by atoms with van der Waals surface area (Å²) in [7, 11) is 0. The highest BCUT2D eigenvalue weighted by atomic mass is 35.5. The van der Waals surface area contributed by atoms with Crippen LogP contribution in [0.4, 0.5) is 5.69 Å². The van der Waals surface area contributed by atoms with Crippen LogP contribution < -0.4 is 5.32 Å². The van der Waals surface area contributed by atoms with E-state index in [0.29, 0.717) is 0 Å². The number of nitrogens with zero attached hydrogens (tertiary/aromatic N) is 2. The van der Waals surface area contributed by atoms with E-state index in [2.05, 4.69) is 10.3 Å². The van der Waals surface area contributed by atoms with E-state index in [-0.39, 0.29) is 11.8 Å². The number of carbonyl (C=O) groups is 1. The smallest absolute Gasteiger partial charge is 0.231 e. The van der Waals surface area contributed by atoms with Gasteiger partial charge >= 0.3 is 0 Å². The van der Waals surface area contributed by atoms with Gasteiger partial charge in [-0.05, 0) is 38.1 Å². The summed E-state index contributed by atoms with van der Waals surface area (Å²) in [6, 6.07) is 13.5. The van der Waals surface area contributed by atoms with Gasteiger partial charge in [-0.1, -0.05) is 18.2 Å². The number of aromatic nitrogens is 2. The van der Waals surface area contributed by atoms with Crippen molar-refractivity contribution in [1.82, 2.24) is 9.38 Å². The number of pyridine rings is 1. The number of imidazole rings is 1. The number of alkyl halides is 1. The van der Waals surface area contributed by atoms with E-state index in [1.54, 1.807) is 0 Å². The Morgan fingerprint density at radius 3 is 2.83 bits per heavy atom. The van der Waals surface area contributed by atoms with E-state index in [0.717, 1.165) is 22.6 Å². The lowest BCUT2D eigenvalue weighted by molar-refractivity contribution is -0.122. The van der Waals surface area contributed by atoms with Crippen molar-refractivity contribution in [3.05, 3.63) is 54.9 Å². The molecule has 0 radical (unpaired) electrons. The zero-order valence-electron chi connectivity index (χ0n) is 13.1. The fraction of sp³-hybridized carbons (Fsp3) is 0.222. The summed E-state index contributed by atoms with van der Waals surface area (Å²) in [5, 5.41) is 2.92. The molecule has 0 saturated carbocycles. The Balaban J connectivity index is 1.89. The molecule has 0 bridgehead atoms. The maximum atomic E-state index is 12.2. The number of benzene rings is 1. The van der Waals surface area contributed by atoms with Crippen molar-refractivity contribution in [3.63, 3.8) is 0 Å². The first-order valence-electron chi connectivity index (χ1n) is 7.41. The lowest BCUT2D eigenvalue weighted by atomic mass is 9.95. The Morgan fingerprint density at radius 1 is 1.26 bits per heavy atom. The van der Waals surface area contributed by atoms with Gasteiger partial charge in [0.05, 0.1) is 11.1 Å². The molecule has 4 nitrogen and oxygen atoms in total. The summed E-state index contributed by atoms with van der Waals surface area (Å²) in [6.45, 7) is 3.64. The van der Waals surface area contributed by atoms with Crippen molar-refractivity contribution >= 4 is 28.8 Å². The largest absolute Gasteiger partial charge is 0.326 e. The predicted octanol–water partition coefficient (Wildman–Crippen LogP) is 4.20. The number of halogens is 1. The highest BCUT2D eigenvalue weighted by molar-refractivity contribution is 6.20. The molecule has 118 valence electrons. The van der Waals surface area contributed by atoms with E-state index in [9.17, 15) is 4.79 Å². The highest BCUT2D eigenvalue weighted by Crippen LogP contribution is 2.24. The number of fused-ring (bicyclic) bond motifs is 1.